The van der Waals surface area contributed by atoms with E-state index in [2.05, 4.69) is 6.58 Å². The molecule has 74 valence electrons. The van der Waals surface area contributed by atoms with E-state index in [4.69, 9.17) is 4.42 Å². The van der Waals surface area contributed by atoms with Crippen molar-refractivity contribution in [3.8, 4) is 0 Å². The Kier molecular flexibility index (Phi) is 3.46. The third-order valence-corrected chi connectivity index (χ3v) is 2.00. The van der Waals surface area contributed by atoms with Crippen LogP contribution in [-0.4, -0.2) is 0 Å². The molecule has 0 bridgehead atoms. The molecule has 0 aliphatic rings. The standard InChI is InChI=1S/C12H14O2/c1-4-7-11-9(5-2)8-10(6-3)12(13)14-11/h4-5,7-8H,2,6H2,1,3H3/b7-4-. The van der Waals surface area contributed by atoms with Gasteiger partial charge in [-0.3, -0.25) is 0 Å². The minimum Gasteiger partial charge on any atom is -0.423 e. The highest BCUT2D eigenvalue weighted by molar-refractivity contribution is 5.60. The van der Waals surface area contributed by atoms with Crippen LogP contribution >= 0.6 is 0 Å². The number of hydrogen-bond donors (Lipinski definition) is 0. The van der Waals surface area contributed by atoms with Gasteiger partial charge in [0.25, 0.3) is 0 Å². The van der Waals surface area contributed by atoms with Gasteiger partial charge in [-0.15, -0.1) is 0 Å². The van der Waals surface area contributed by atoms with Gasteiger partial charge in [-0.1, -0.05) is 25.7 Å². The first-order valence-electron chi connectivity index (χ1n) is 4.65. The Labute approximate surface area is 83.6 Å². The maximum atomic E-state index is 11.4. The zero-order chi connectivity index (χ0) is 10.6. The lowest BCUT2D eigenvalue weighted by atomic mass is 10.1. The molecule has 0 aromatic carbocycles. The molecule has 2 nitrogen and oxygen atoms in total. The number of aryl methyl sites for hydroxylation is 1. The summed E-state index contributed by atoms with van der Waals surface area (Å²) in [5, 5.41) is 0. The summed E-state index contributed by atoms with van der Waals surface area (Å²) in [4.78, 5) is 11.4. The van der Waals surface area contributed by atoms with Crippen molar-refractivity contribution in [3.05, 3.63) is 46.0 Å². The molecule has 0 fully saturated rings. The van der Waals surface area contributed by atoms with Gasteiger partial charge in [-0.05, 0) is 25.5 Å². The maximum absolute atomic E-state index is 11.4. The Morgan fingerprint density at radius 3 is 2.79 bits per heavy atom. The number of rotatable bonds is 3. The van der Waals surface area contributed by atoms with Gasteiger partial charge in [0.15, 0.2) is 0 Å². The summed E-state index contributed by atoms with van der Waals surface area (Å²) in [5.41, 5.74) is 1.29. The van der Waals surface area contributed by atoms with Gasteiger partial charge < -0.3 is 4.42 Å². The second-order valence-corrected chi connectivity index (χ2v) is 2.94. The predicted molar refractivity (Wildman–Crippen MR) is 59.2 cm³/mol. The van der Waals surface area contributed by atoms with Gasteiger partial charge in [-0.2, -0.15) is 0 Å². The fourth-order valence-corrected chi connectivity index (χ4v) is 1.23. The van der Waals surface area contributed by atoms with Crippen molar-refractivity contribution in [2.75, 3.05) is 0 Å². The topological polar surface area (TPSA) is 30.2 Å². The number of allylic oxidation sites excluding steroid dienone is 1. The molecular weight excluding hydrogens is 176 g/mol. The fourth-order valence-electron chi connectivity index (χ4n) is 1.23. The molecule has 0 N–H and O–H groups in total. The van der Waals surface area contributed by atoms with Crippen molar-refractivity contribution in [1.29, 1.82) is 0 Å². The molecule has 14 heavy (non-hydrogen) atoms. The highest BCUT2D eigenvalue weighted by Gasteiger charge is 2.04. The summed E-state index contributed by atoms with van der Waals surface area (Å²) < 4.78 is 5.15. The van der Waals surface area contributed by atoms with Crippen LogP contribution in [0.5, 0.6) is 0 Å². The average molecular weight is 190 g/mol. The summed E-state index contributed by atoms with van der Waals surface area (Å²) >= 11 is 0. The summed E-state index contributed by atoms with van der Waals surface area (Å²) in [7, 11) is 0. The minimum atomic E-state index is -0.258. The summed E-state index contributed by atoms with van der Waals surface area (Å²) in [6, 6.07) is 1.83. The van der Waals surface area contributed by atoms with Crippen LogP contribution in [0.2, 0.25) is 0 Å². The molecule has 1 aromatic heterocycles. The van der Waals surface area contributed by atoms with Crippen molar-refractivity contribution in [2.45, 2.75) is 20.3 Å². The Morgan fingerprint density at radius 1 is 1.57 bits per heavy atom. The van der Waals surface area contributed by atoms with Crippen molar-refractivity contribution in [2.24, 2.45) is 0 Å². The van der Waals surface area contributed by atoms with Crippen LogP contribution in [0, 0.1) is 0 Å². The van der Waals surface area contributed by atoms with Gasteiger partial charge in [0.2, 0.25) is 0 Å². The molecule has 0 unspecified atom stereocenters. The smallest absolute Gasteiger partial charge is 0.339 e. The zero-order valence-electron chi connectivity index (χ0n) is 8.54. The Bertz CT molecular complexity index is 411. The monoisotopic (exact) mass is 190 g/mol. The van der Waals surface area contributed by atoms with Gasteiger partial charge >= 0.3 is 5.63 Å². The Hall–Kier alpha value is -1.57. The highest BCUT2D eigenvalue weighted by atomic mass is 16.4. The van der Waals surface area contributed by atoms with Crippen molar-refractivity contribution in [1.82, 2.24) is 0 Å². The molecular formula is C12H14O2. The first-order chi connectivity index (χ1) is 6.72. The lowest BCUT2D eigenvalue weighted by Gasteiger charge is -2.01. The van der Waals surface area contributed by atoms with Crippen LogP contribution < -0.4 is 5.63 Å². The van der Waals surface area contributed by atoms with Crippen molar-refractivity contribution < 1.29 is 4.42 Å². The van der Waals surface area contributed by atoms with E-state index in [0.29, 0.717) is 17.7 Å². The van der Waals surface area contributed by atoms with Crippen LogP contribution in [0.3, 0.4) is 0 Å². The fraction of sp³-hybridized carbons (Fsp3) is 0.250. The first kappa shape index (κ1) is 10.5. The molecule has 0 spiro atoms. The molecule has 2 heteroatoms. The van der Waals surface area contributed by atoms with E-state index in [-0.39, 0.29) is 5.63 Å². The normalized spacial score (nSPS) is 10.7. The van der Waals surface area contributed by atoms with E-state index in [1.54, 1.807) is 12.2 Å². The van der Waals surface area contributed by atoms with Gasteiger partial charge in [-0.25, -0.2) is 4.79 Å². The van der Waals surface area contributed by atoms with Crippen LogP contribution in [-0.2, 0) is 6.42 Å². The molecule has 1 aromatic rings. The first-order valence-corrected chi connectivity index (χ1v) is 4.65. The number of hydrogen-bond acceptors (Lipinski definition) is 2. The van der Waals surface area contributed by atoms with E-state index >= 15 is 0 Å². The van der Waals surface area contributed by atoms with E-state index in [1.165, 1.54) is 0 Å². The summed E-state index contributed by atoms with van der Waals surface area (Å²) in [6.45, 7) is 7.48. The lowest BCUT2D eigenvalue weighted by Crippen LogP contribution is -2.07. The van der Waals surface area contributed by atoms with Gasteiger partial charge in [0.1, 0.15) is 5.76 Å². The summed E-state index contributed by atoms with van der Waals surface area (Å²) in [6.07, 6.45) is 5.96. The third kappa shape index (κ3) is 2.02. The zero-order valence-corrected chi connectivity index (χ0v) is 8.54. The maximum Gasteiger partial charge on any atom is 0.339 e. The molecule has 0 atom stereocenters. The quantitative estimate of drug-likeness (QED) is 0.733. The van der Waals surface area contributed by atoms with Crippen LogP contribution in [0.1, 0.15) is 30.7 Å². The third-order valence-electron chi connectivity index (χ3n) is 2.00. The molecule has 0 saturated heterocycles. The summed E-state index contributed by atoms with van der Waals surface area (Å²) in [5.74, 6) is 0.574. The molecule has 1 rings (SSSR count). The van der Waals surface area contributed by atoms with Crippen molar-refractivity contribution >= 4 is 12.2 Å². The molecule has 1 heterocycles. The van der Waals surface area contributed by atoms with E-state index in [9.17, 15) is 4.79 Å². The van der Waals surface area contributed by atoms with Crippen LogP contribution in [0.25, 0.3) is 12.2 Å². The highest BCUT2D eigenvalue weighted by Crippen LogP contribution is 2.12. The molecule has 0 radical (unpaired) electrons. The molecule has 0 amide bonds. The van der Waals surface area contributed by atoms with Crippen LogP contribution in [0.15, 0.2) is 27.9 Å². The Morgan fingerprint density at radius 2 is 2.29 bits per heavy atom. The van der Waals surface area contributed by atoms with E-state index < -0.39 is 0 Å². The lowest BCUT2D eigenvalue weighted by molar-refractivity contribution is 0.492. The van der Waals surface area contributed by atoms with Crippen molar-refractivity contribution in [3.63, 3.8) is 0 Å². The SMILES string of the molecule is C=Cc1cc(CC)c(=O)oc1/C=C\C. The predicted octanol–water partition coefficient (Wildman–Crippen LogP) is 2.88. The molecule has 0 saturated carbocycles. The second kappa shape index (κ2) is 4.61. The van der Waals surface area contributed by atoms with Crippen LogP contribution in [0.4, 0.5) is 0 Å². The van der Waals surface area contributed by atoms with Gasteiger partial charge in [0, 0.05) is 11.1 Å². The second-order valence-electron chi connectivity index (χ2n) is 2.94. The molecule has 0 aliphatic carbocycles. The van der Waals surface area contributed by atoms with E-state index in [0.717, 1.165) is 5.56 Å². The Balaban J connectivity index is 3.38. The minimum absolute atomic E-state index is 0.258. The largest absolute Gasteiger partial charge is 0.423 e. The van der Waals surface area contributed by atoms with E-state index in [1.807, 2.05) is 26.0 Å². The van der Waals surface area contributed by atoms with Gasteiger partial charge in [0.05, 0.1) is 0 Å². The average Bonchev–Trinajstić information content (AvgIpc) is 2.19. The molecule has 0 aliphatic heterocycles.